The predicted octanol–water partition coefficient (Wildman–Crippen LogP) is 7.79. The number of allylic oxidation sites excluding steroid dienone is 1. The lowest BCUT2D eigenvalue weighted by molar-refractivity contribution is -0.137. The van der Waals surface area contributed by atoms with E-state index in [-0.39, 0.29) is 0 Å². The molecule has 6 heteroatoms. The van der Waals surface area contributed by atoms with E-state index in [1.807, 2.05) is 60.7 Å². The molecule has 3 aromatic carbocycles. The fraction of sp³-hybridized carbons (Fsp3) is 0.286. The number of nitrogens with one attached hydrogen (secondary N) is 1. The van der Waals surface area contributed by atoms with Gasteiger partial charge in [0.05, 0.1) is 11.6 Å². The molecule has 3 rings (SSSR count). The summed E-state index contributed by atoms with van der Waals surface area (Å²) in [6.07, 6.45) is 1.14. The summed E-state index contributed by atoms with van der Waals surface area (Å²) in [5.41, 5.74) is 1.01. The van der Waals surface area contributed by atoms with Crippen molar-refractivity contribution in [2.75, 3.05) is 0 Å². The largest absolute Gasteiger partial charge is 0.416 e. The van der Waals surface area contributed by atoms with Crippen LogP contribution in [0, 0.1) is 0 Å². The predicted molar refractivity (Wildman–Crippen MR) is 135 cm³/mol. The fourth-order valence-corrected chi connectivity index (χ4v) is 6.43. The van der Waals surface area contributed by atoms with Crippen molar-refractivity contribution in [1.82, 2.24) is 5.09 Å². The summed E-state index contributed by atoms with van der Waals surface area (Å²) >= 11 is 0. The van der Waals surface area contributed by atoms with E-state index in [0.29, 0.717) is 16.2 Å². The second-order valence-corrected chi connectivity index (χ2v) is 10.8. The third-order valence-corrected chi connectivity index (χ3v) is 8.40. The van der Waals surface area contributed by atoms with Gasteiger partial charge in [0, 0.05) is 10.6 Å². The summed E-state index contributed by atoms with van der Waals surface area (Å²) in [7, 11) is -3.31. The first-order valence-corrected chi connectivity index (χ1v) is 13.4. The summed E-state index contributed by atoms with van der Waals surface area (Å²) in [6, 6.07) is 23.2. The molecule has 0 fully saturated rings. The third kappa shape index (κ3) is 6.28. The Morgan fingerprint density at radius 2 is 1.38 bits per heavy atom. The first kappa shape index (κ1) is 26.0. The lowest BCUT2D eigenvalue weighted by Crippen LogP contribution is -2.31. The molecular formula is C28H31F3NOP. The first-order chi connectivity index (χ1) is 16.3. The number of hydrogen-bond acceptors (Lipinski definition) is 1. The van der Waals surface area contributed by atoms with Gasteiger partial charge in [-0.3, -0.25) is 4.57 Å². The SMILES string of the molecule is CCC/C=C(\CCC)[C@@H](NP(=O)(c1ccccc1)c1ccccc1)c1ccc(C(F)(F)F)cc1. The van der Waals surface area contributed by atoms with Gasteiger partial charge in [0.15, 0.2) is 0 Å². The second kappa shape index (κ2) is 11.7. The Morgan fingerprint density at radius 1 is 0.853 bits per heavy atom. The van der Waals surface area contributed by atoms with E-state index in [1.54, 1.807) is 0 Å². The van der Waals surface area contributed by atoms with Crippen molar-refractivity contribution in [3.05, 3.63) is 108 Å². The molecule has 1 N–H and O–H groups in total. The van der Waals surface area contributed by atoms with Gasteiger partial charge in [-0.25, -0.2) is 5.09 Å². The van der Waals surface area contributed by atoms with E-state index in [0.717, 1.165) is 43.4 Å². The number of alkyl halides is 3. The number of halogens is 3. The minimum Gasteiger partial charge on any atom is -0.296 e. The Bertz CT molecular complexity index is 1070. The highest BCUT2D eigenvalue weighted by Gasteiger charge is 2.33. The van der Waals surface area contributed by atoms with E-state index in [2.05, 4.69) is 25.0 Å². The highest BCUT2D eigenvalue weighted by atomic mass is 31.2. The Labute approximate surface area is 200 Å². The van der Waals surface area contributed by atoms with E-state index < -0.39 is 25.1 Å². The molecule has 34 heavy (non-hydrogen) atoms. The quantitative estimate of drug-likeness (QED) is 0.235. The lowest BCUT2D eigenvalue weighted by Gasteiger charge is -2.29. The van der Waals surface area contributed by atoms with Crippen LogP contribution in [0.1, 0.15) is 56.7 Å². The molecule has 1 atom stereocenters. The molecule has 0 saturated carbocycles. The molecule has 3 aromatic rings. The van der Waals surface area contributed by atoms with Crippen LogP contribution in [-0.2, 0) is 10.7 Å². The van der Waals surface area contributed by atoms with Crippen LogP contribution >= 0.6 is 7.29 Å². The molecule has 0 aliphatic rings. The number of rotatable bonds is 10. The smallest absolute Gasteiger partial charge is 0.296 e. The van der Waals surface area contributed by atoms with Crippen LogP contribution < -0.4 is 15.7 Å². The van der Waals surface area contributed by atoms with Gasteiger partial charge < -0.3 is 0 Å². The third-order valence-electron chi connectivity index (χ3n) is 5.73. The Balaban J connectivity index is 2.15. The van der Waals surface area contributed by atoms with Crippen molar-refractivity contribution in [3.8, 4) is 0 Å². The van der Waals surface area contributed by atoms with Crippen LogP contribution in [0.15, 0.2) is 96.6 Å². The summed E-state index contributed by atoms with van der Waals surface area (Å²) < 4.78 is 54.3. The van der Waals surface area contributed by atoms with Crippen molar-refractivity contribution in [3.63, 3.8) is 0 Å². The van der Waals surface area contributed by atoms with Crippen LogP contribution in [0.25, 0.3) is 0 Å². The molecule has 180 valence electrons. The van der Waals surface area contributed by atoms with Crippen LogP contribution in [0.4, 0.5) is 13.2 Å². The van der Waals surface area contributed by atoms with E-state index in [9.17, 15) is 17.7 Å². The molecule has 0 bridgehead atoms. The highest BCUT2D eigenvalue weighted by Crippen LogP contribution is 2.44. The standard InChI is InChI=1S/C28H31F3NOP/c1-3-5-13-22(12-4-2)27(23-18-20-24(21-19-23)28(29,30)31)32-34(33,25-14-8-6-9-15-25)26-16-10-7-11-17-26/h6-11,13-21,27H,3-5,12H2,1-2H3,(H,32,33)/b22-13+/t27-/m1/s1. The summed E-state index contributed by atoms with van der Waals surface area (Å²) in [6.45, 7) is 4.15. The average molecular weight is 486 g/mol. The Morgan fingerprint density at radius 3 is 1.82 bits per heavy atom. The van der Waals surface area contributed by atoms with Gasteiger partial charge in [-0.15, -0.1) is 0 Å². The van der Waals surface area contributed by atoms with Gasteiger partial charge in [-0.2, -0.15) is 13.2 Å². The van der Waals surface area contributed by atoms with Gasteiger partial charge >= 0.3 is 6.18 Å². The highest BCUT2D eigenvalue weighted by molar-refractivity contribution is 7.76. The molecule has 0 radical (unpaired) electrons. The molecule has 0 saturated heterocycles. The van der Waals surface area contributed by atoms with Crippen molar-refractivity contribution in [1.29, 1.82) is 0 Å². The van der Waals surface area contributed by atoms with Gasteiger partial charge in [-0.05, 0) is 54.8 Å². The van der Waals surface area contributed by atoms with Crippen molar-refractivity contribution < 1.29 is 17.7 Å². The lowest BCUT2D eigenvalue weighted by atomic mass is 9.94. The van der Waals surface area contributed by atoms with Gasteiger partial charge in [0.25, 0.3) is 0 Å². The van der Waals surface area contributed by atoms with Crippen molar-refractivity contribution in [2.45, 2.75) is 51.7 Å². The van der Waals surface area contributed by atoms with Crippen LogP contribution in [0.2, 0.25) is 0 Å². The second-order valence-electron chi connectivity index (χ2n) is 8.28. The summed E-state index contributed by atoms with van der Waals surface area (Å²) in [5, 5.41) is 4.75. The minimum absolute atomic E-state index is 0.486. The Kier molecular flexibility index (Phi) is 8.93. The maximum Gasteiger partial charge on any atom is 0.416 e. The zero-order valence-corrected chi connectivity index (χ0v) is 20.4. The van der Waals surface area contributed by atoms with E-state index in [1.165, 1.54) is 12.1 Å². The normalized spacial score (nSPS) is 13.6. The van der Waals surface area contributed by atoms with Gasteiger partial charge in [0.1, 0.15) is 0 Å². The summed E-state index contributed by atoms with van der Waals surface area (Å²) in [4.78, 5) is 0. The topological polar surface area (TPSA) is 29.1 Å². The first-order valence-electron chi connectivity index (χ1n) is 11.6. The molecule has 0 aliphatic carbocycles. The molecule has 0 spiro atoms. The molecular weight excluding hydrogens is 454 g/mol. The fourth-order valence-electron chi connectivity index (χ4n) is 3.97. The summed E-state index contributed by atoms with van der Waals surface area (Å²) in [5.74, 6) is 0. The van der Waals surface area contributed by atoms with Crippen LogP contribution in [0.5, 0.6) is 0 Å². The van der Waals surface area contributed by atoms with Gasteiger partial charge in [0.2, 0.25) is 7.29 Å². The number of hydrogen-bond donors (Lipinski definition) is 1. The maximum absolute atomic E-state index is 14.7. The Hall–Kier alpha value is -2.62. The molecule has 0 unspecified atom stereocenters. The maximum atomic E-state index is 14.7. The van der Waals surface area contributed by atoms with Crippen LogP contribution in [-0.4, -0.2) is 0 Å². The molecule has 0 heterocycles. The van der Waals surface area contributed by atoms with Crippen LogP contribution in [0.3, 0.4) is 0 Å². The molecule has 2 nitrogen and oxygen atoms in total. The molecule has 0 aromatic heterocycles. The monoisotopic (exact) mass is 485 g/mol. The minimum atomic E-state index is -4.41. The average Bonchev–Trinajstić information content (AvgIpc) is 2.86. The van der Waals surface area contributed by atoms with Crippen molar-refractivity contribution >= 4 is 17.9 Å². The number of benzene rings is 3. The zero-order valence-electron chi connectivity index (χ0n) is 19.6. The molecule has 0 aliphatic heterocycles. The molecule has 0 amide bonds. The number of unbranched alkanes of at least 4 members (excludes halogenated alkanes) is 1. The van der Waals surface area contributed by atoms with E-state index in [4.69, 9.17) is 0 Å². The van der Waals surface area contributed by atoms with E-state index >= 15 is 0 Å². The van der Waals surface area contributed by atoms with Gasteiger partial charge in [-0.1, -0.05) is 86.9 Å². The zero-order chi connectivity index (χ0) is 24.6. The van der Waals surface area contributed by atoms with Crippen molar-refractivity contribution in [2.24, 2.45) is 0 Å².